The second-order valence-corrected chi connectivity index (χ2v) is 4.73. The number of H-pyrrole nitrogens is 1. The van der Waals surface area contributed by atoms with Crippen LogP contribution in [0.25, 0.3) is 11.0 Å². The van der Waals surface area contributed by atoms with Crippen LogP contribution in [0.5, 0.6) is 0 Å². The zero-order chi connectivity index (χ0) is 13.4. The third kappa shape index (κ3) is 2.05. The third-order valence-corrected chi connectivity index (χ3v) is 3.43. The Kier molecular flexibility index (Phi) is 2.69. The predicted octanol–water partition coefficient (Wildman–Crippen LogP) is -0.363. The van der Waals surface area contributed by atoms with Gasteiger partial charge in [-0.3, -0.25) is 9.89 Å². The molecule has 2 aromatic rings. The zero-order valence-electron chi connectivity index (χ0n) is 10.3. The smallest absolute Gasteiger partial charge is 0.224 e. The molecule has 0 unspecified atom stereocenters. The zero-order valence-corrected chi connectivity index (χ0v) is 10.3. The second kappa shape index (κ2) is 4.38. The highest BCUT2D eigenvalue weighted by Gasteiger charge is 2.26. The van der Waals surface area contributed by atoms with E-state index in [0.717, 1.165) is 24.8 Å². The lowest BCUT2D eigenvalue weighted by atomic mass is 9.97. The fourth-order valence-corrected chi connectivity index (χ4v) is 2.48. The number of anilines is 2. The number of aromatic amines is 1. The Morgan fingerprint density at radius 2 is 2.32 bits per heavy atom. The van der Waals surface area contributed by atoms with Gasteiger partial charge in [-0.2, -0.15) is 15.1 Å². The van der Waals surface area contributed by atoms with Crippen molar-refractivity contribution >= 4 is 28.7 Å². The number of piperidine rings is 1. The number of carbonyl (C=O) groups excluding carboxylic acids is 1. The molecule has 0 spiro atoms. The Labute approximate surface area is 109 Å². The quantitative estimate of drug-likeness (QED) is 0.677. The van der Waals surface area contributed by atoms with Crippen LogP contribution in [0.4, 0.5) is 11.8 Å². The number of fused-ring (bicyclic) bond motifs is 1. The maximum atomic E-state index is 11.3. The molecule has 8 heteroatoms. The first-order valence-electron chi connectivity index (χ1n) is 6.16. The summed E-state index contributed by atoms with van der Waals surface area (Å²) < 4.78 is 0. The lowest BCUT2D eigenvalue weighted by Gasteiger charge is -2.32. The first kappa shape index (κ1) is 11.7. The van der Waals surface area contributed by atoms with Crippen molar-refractivity contribution in [3.8, 4) is 0 Å². The van der Waals surface area contributed by atoms with Crippen molar-refractivity contribution in [2.45, 2.75) is 12.8 Å². The van der Waals surface area contributed by atoms with E-state index in [-0.39, 0.29) is 17.8 Å². The van der Waals surface area contributed by atoms with Crippen molar-refractivity contribution in [3.63, 3.8) is 0 Å². The fourth-order valence-electron chi connectivity index (χ4n) is 2.48. The number of amides is 1. The first-order chi connectivity index (χ1) is 9.15. The molecule has 1 saturated heterocycles. The van der Waals surface area contributed by atoms with Crippen LogP contribution in [-0.2, 0) is 4.79 Å². The molecule has 0 radical (unpaired) electrons. The fraction of sp³-hybridized carbons (Fsp3) is 0.455. The van der Waals surface area contributed by atoms with Crippen LogP contribution < -0.4 is 16.4 Å². The van der Waals surface area contributed by atoms with E-state index < -0.39 is 0 Å². The van der Waals surface area contributed by atoms with Gasteiger partial charge in [0.15, 0.2) is 5.65 Å². The Hall–Kier alpha value is -2.38. The highest BCUT2D eigenvalue weighted by atomic mass is 16.1. The van der Waals surface area contributed by atoms with Gasteiger partial charge in [0.2, 0.25) is 11.9 Å². The second-order valence-electron chi connectivity index (χ2n) is 4.73. The molecule has 0 aromatic carbocycles. The topological polar surface area (TPSA) is 127 Å². The van der Waals surface area contributed by atoms with Crippen molar-refractivity contribution < 1.29 is 4.79 Å². The molecular weight excluding hydrogens is 246 g/mol. The summed E-state index contributed by atoms with van der Waals surface area (Å²) in [6.07, 6.45) is 3.38. The molecule has 3 heterocycles. The van der Waals surface area contributed by atoms with Crippen LogP contribution >= 0.6 is 0 Å². The number of nitrogen functional groups attached to an aromatic ring is 1. The molecule has 1 atom stereocenters. The van der Waals surface area contributed by atoms with Crippen LogP contribution in [0.3, 0.4) is 0 Å². The summed E-state index contributed by atoms with van der Waals surface area (Å²) in [7, 11) is 0. The Morgan fingerprint density at radius 1 is 1.47 bits per heavy atom. The molecule has 2 aromatic heterocycles. The Balaban J connectivity index is 1.99. The average Bonchev–Trinajstić information content (AvgIpc) is 2.85. The number of rotatable bonds is 2. The van der Waals surface area contributed by atoms with Gasteiger partial charge in [-0.15, -0.1) is 0 Å². The molecule has 1 fully saturated rings. The summed E-state index contributed by atoms with van der Waals surface area (Å²) in [4.78, 5) is 21.7. The maximum Gasteiger partial charge on any atom is 0.224 e. The number of hydrogen-bond donors (Lipinski definition) is 3. The van der Waals surface area contributed by atoms with Gasteiger partial charge in [-0.05, 0) is 12.8 Å². The van der Waals surface area contributed by atoms with E-state index in [4.69, 9.17) is 11.5 Å². The van der Waals surface area contributed by atoms with E-state index in [0.29, 0.717) is 18.0 Å². The van der Waals surface area contributed by atoms with Crippen molar-refractivity contribution in [3.05, 3.63) is 6.20 Å². The summed E-state index contributed by atoms with van der Waals surface area (Å²) >= 11 is 0. The normalized spacial score (nSPS) is 19.8. The summed E-state index contributed by atoms with van der Waals surface area (Å²) in [5.74, 6) is 0.484. The number of primary amides is 1. The van der Waals surface area contributed by atoms with Crippen molar-refractivity contribution in [2.24, 2.45) is 11.7 Å². The number of hydrogen-bond acceptors (Lipinski definition) is 6. The van der Waals surface area contributed by atoms with E-state index in [1.54, 1.807) is 6.20 Å². The van der Waals surface area contributed by atoms with Crippen LogP contribution in [0, 0.1) is 5.92 Å². The number of aromatic nitrogens is 4. The summed E-state index contributed by atoms with van der Waals surface area (Å²) in [6, 6.07) is 0. The van der Waals surface area contributed by atoms with Gasteiger partial charge >= 0.3 is 0 Å². The van der Waals surface area contributed by atoms with Crippen LogP contribution in [0.15, 0.2) is 6.20 Å². The van der Waals surface area contributed by atoms with E-state index in [2.05, 4.69) is 20.2 Å². The molecule has 3 rings (SSSR count). The third-order valence-electron chi connectivity index (χ3n) is 3.43. The molecule has 1 aliphatic rings. The first-order valence-corrected chi connectivity index (χ1v) is 6.16. The number of nitrogens with zero attached hydrogens (tertiary/aromatic N) is 4. The standard InChI is InChI=1S/C11H15N7O/c12-8(19)6-2-1-3-18(5-6)10-7-4-14-17-9(7)15-11(13)16-10/h4,6H,1-3,5H2,(H2,12,19)(H3,13,14,15,16,17)/t6-/m1/s1. The van der Waals surface area contributed by atoms with Gasteiger partial charge in [0.1, 0.15) is 5.82 Å². The molecule has 1 amide bonds. The SMILES string of the molecule is NC(=O)[C@@H]1CCCN(c2nc(N)nc3[nH]ncc23)C1. The van der Waals surface area contributed by atoms with E-state index in [1.165, 1.54) is 0 Å². The average molecular weight is 261 g/mol. The van der Waals surface area contributed by atoms with Gasteiger partial charge < -0.3 is 16.4 Å². The van der Waals surface area contributed by atoms with Gasteiger partial charge in [0, 0.05) is 13.1 Å². The molecule has 0 bridgehead atoms. The van der Waals surface area contributed by atoms with Crippen molar-refractivity contribution in [1.82, 2.24) is 20.2 Å². The molecule has 0 saturated carbocycles. The molecular formula is C11H15N7O. The molecule has 0 aliphatic carbocycles. The van der Waals surface area contributed by atoms with Crippen LogP contribution in [-0.4, -0.2) is 39.2 Å². The molecule has 19 heavy (non-hydrogen) atoms. The Bertz CT molecular complexity index is 623. The highest BCUT2D eigenvalue weighted by molar-refractivity contribution is 5.88. The lowest BCUT2D eigenvalue weighted by Crippen LogP contribution is -2.41. The summed E-state index contributed by atoms with van der Waals surface area (Å²) in [6.45, 7) is 1.38. The predicted molar refractivity (Wildman–Crippen MR) is 70.2 cm³/mol. The van der Waals surface area contributed by atoms with Crippen molar-refractivity contribution in [1.29, 1.82) is 0 Å². The maximum absolute atomic E-state index is 11.3. The number of carbonyl (C=O) groups is 1. The van der Waals surface area contributed by atoms with Gasteiger partial charge in [-0.1, -0.05) is 0 Å². The van der Waals surface area contributed by atoms with Crippen LogP contribution in [0.2, 0.25) is 0 Å². The van der Waals surface area contributed by atoms with Crippen molar-refractivity contribution in [2.75, 3.05) is 23.7 Å². The molecule has 1 aliphatic heterocycles. The lowest BCUT2D eigenvalue weighted by molar-refractivity contribution is -0.122. The minimum Gasteiger partial charge on any atom is -0.369 e. The number of nitrogens with two attached hydrogens (primary N) is 2. The molecule has 8 nitrogen and oxygen atoms in total. The highest BCUT2D eigenvalue weighted by Crippen LogP contribution is 2.27. The monoisotopic (exact) mass is 261 g/mol. The Morgan fingerprint density at radius 3 is 3.11 bits per heavy atom. The van der Waals surface area contributed by atoms with E-state index in [9.17, 15) is 4.79 Å². The van der Waals surface area contributed by atoms with Gasteiger partial charge in [0.25, 0.3) is 0 Å². The van der Waals surface area contributed by atoms with E-state index in [1.807, 2.05) is 4.90 Å². The summed E-state index contributed by atoms with van der Waals surface area (Å²) in [5.41, 5.74) is 11.7. The number of nitrogens with one attached hydrogen (secondary N) is 1. The minimum absolute atomic E-state index is 0.146. The van der Waals surface area contributed by atoms with Crippen LogP contribution in [0.1, 0.15) is 12.8 Å². The van der Waals surface area contributed by atoms with Gasteiger partial charge in [0.05, 0.1) is 17.5 Å². The van der Waals surface area contributed by atoms with E-state index >= 15 is 0 Å². The van der Waals surface area contributed by atoms with Gasteiger partial charge in [-0.25, -0.2) is 0 Å². The molecule has 100 valence electrons. The summed E-state index contributed by atoms with van der Waals surface area (Å²) in [5, 5.41) is 7.53. The largest absolute Gasteiger partial charge is 0.369 e. The molecule has 5 N–H and O–H groups in total. The minimum atomic E-state index is -0.268.